The molecule has 0 spiro atoms. The first-order valence-corrected chi connectivity index (χ1v) is 9.18. The Morgan fingerprint density at radius 3 is 2.82 bits per heavy atom. The number of aryl methyl sites for hydroxylation is 1. The van der Waals surface area contributed by atoms with E-state index < -0.39 is 0 Å². The molecule has 1 aliphatic heterocycles. The van der Waals surface area contributed by atoms with Gasteiger partial charge in [-0.15, -0.1) is 0 Å². The first kappa shape index (κ1) is 18.3. The molecule has 6 nitrogen and oxygen atoms in total. The molecule has 2 aromatic carbocycles. The standard InChI is InChI=1S/C22H22N2O4/c1-15-10-16-4-3-5-20(22(16)23-11-15)28-13-19-12-24(21(25)14-27-19)17-6-8-18(26-2)9-7-17/h3-11,19H,12-14H2,1-2H3. The van der Waals surface area contributed by atoms with Crippen LogP contribution in [0.2, 0.25) is 0 Å². The zero-order valence-electron chi connectivity index (χ0n) is 15.9. The zero-order chi connectivity index (χ0) is 19.5. The molecule has 1 aromatic heterocycles. The second-order valence-corrected chi connectivity index (χ2v) is 6.79. The number of anilines is 1. The van der Waals surface area contributed by atoms with Crippen molar-refractivity contribution in [2.75, 3.05) is 31.8 Å². The number of benzene rings is 2. The topological polar surface area (TPSA) is 60.9 Å². The monoisotopic (exact) mass is 378 g/mol. The predicted octanol–water partition coefficient (Wildman–Crippen LogP) is 3.36. The highest BCUT2D eigenvalue weighted by atomic mass is 16.5. The molecule has 4 rings (SSSR count). The Morgan fingerprint density at radius 2 is 2.04 bits per heavy atom. The fourth-order valence-corrected chi connectivity index (χ4v) is 3.28. The summed E-state index contributed by atoms with van der Waals surface area (Å²) < 4.78 is 16.9. The van der Waals surface area contributed by atoms with Gasteiger partial charge in [-0.2, -0.15) is 0 Å². The average molecular weight is 378 g/mol. The SMILES string of the molecule is COc1ccc(N2CC(COc3cccc4cc(C)cnc34)OCC2=O)cc1. The predicted molar refractivity (Wildman–Crippen MR) is 107 cm³/mol. The molecule has 3 aromatic rings. The van der Waals surface area contributed by atoms with E-state index in [1.54, 1.807) is 12.0 Å². The number of para-hydroxylation sites is 1. The Morgan fingerprint density at radius 1 is 1.21 bits per heavy atom. The van der Waals surface area contributed by atoms with Gasteiger partial charge in [0.15, 0.2) is 0 Å². The number of pyridine rings is 1. The molecule has 0 bridgehead atoms. The molecule has 0 radical (unpaired) electrons. The molecule has 1 aliphatic rings. The number of amides is 1. The Bertz CT molecular complexity index is 987. The minimum Gasteiger partial charge on any atom is -0.497 e. The van der Waals surface area contributed by atoms with Crippen molar-refractivity contribution in [3.63, 3.8) is 0 Å². The minimum absolute atomic E-state index is 0.0348. The average Bonchev–Trinajstić information content (AvgIpc) is 2.73. The summed E-state index contributed by atoms with van der Waals surface area (Å²) in [6.45, 7) is 2.82. The van der Waals surface area contributed by atoms with Gasteiger partial charge < -0.3 is 19.1 Å². The molecule has 2 heterocycles. The number of ether oxygens (including phenoxy) is 3. The van der Waals surface area contributed by atoms with Crippen molar-refractivity contribution in [1.29, 1.82) is 0 Å². The van der Waals surface area contributed by atoms with Crippen molar-refractivity contribution in [2.45, 2.75) is 13.0 Å². The van der Waals surface area contributed by atoms with Crippen molar-refractivity contribution in [2.24, 2.45) is 0 Å². The lowest BCUT2D eigenvalue weighted by Crippen LogP contribution is -2.48. The van der Waals surface area contributed by atoms with Crippen molar-refractivity contribution in [3.8, 4) is 11.5 Å². The first-order chi connectivity index (χ1) is 13.6. The van der Waals surface area contributed by atoms with Gasteiger partial charge in [-0.3, -0.25) is 9.78 Å². The molecule has 1 atom stereocenters. The molecule has 0 aliphatic carbocycles. The quantitative estimate of drug-likeness (QED) is 0.681. The van der Waals surface area contributed by atoms with E-state index >= 15 is 0 Å². The van der Waals surface area contributed by atoms with Crippen LogP contribution < -0.4 is 14.4 Å². The molecule has 6 heteroatoms. The fourth-order valence-electron chi connectivity index (χ4n) is 3.28. The molecular weight excluding hydrogens is 356 g/mol. The van der Waals surface area contributed by atoms with Crippen molar-refractivity contribution in [3.05, 3.63) is 60.3 Å². The summed E-state index contributed by atoms with van der Waals surface area (Å²) >= 11 is 0. The number of fused-ring (bicyclic) bond motifs is 1. The molecule has 144 valence electrons. The first-order valence-electron chi connectivity index (χ1n) is 9.18. The van der Waals surface area contributed by atoms with Gasteiger partial charge in [-0.1, -0.05) is 12.1 Å². The Labute approximate surface area is 163 Å². The highest BCUT2D eigenvalue weighted by molar-refractivity contribution is 5.95. The minimum atomic E-state index is -0.222. The summed E-state index contributed by atoms with van der Waals surface area (Å²) in [7, 11) is 1.62. The van der Waals surface area contributed by atoms with Gasteiger partial charge in [-0.05, 0) is 48.9 Å². The maximum atomic E-state index is 12.3. The summed E-state index contributed by atoms with van der Waals surface area (Å²) in [5.41, 5.74) is 2.75. The second-order valence-electron chi connectivity index (χ2n) is 6.79. The van der Waals surface area contributed by atoms with Crippen LogP contribution in [0.5, 0.6) is 11.5 Å². The van der Waals surface area contributed by atoms with Crippen LogP contribution in [0.4, 0.5) is 5.69 Å². The van der Waals surface area contributed by atoms with E-state index in [1.807, 2.05) is 55.6 Å². The van der Waals surface area contributed by atoms with E-state index in [9.17, 15) is 4.79 Å². The Hall–Kier alpha value is -3.12. The van der Waals surface area contributed by atoms with Crippen LogP contribution >= 0.6 is 0 Å². The van der Waals surface area contributed by atoms with Gasteiger partial charge in [0, 0.05) is 17.3 Å². The summed E-state index contributed by atoms with van der Waals surface area (Å²) in [6.07, 6.45) is 1.61. The molecule has 1 saturated heterocycles. The smallest absolute Gasteiger partial charge is 0.253 e. The Balaban J connectivity index is 1.46. The molecular formula is C22H22N2O4. The number of carbonyl (C=O) groups is 1. The molecule has 28 heavy (non-hydrogen) atoms. The van der Waals surface area contributed by atoms with Crippen LogP contribution in [0.1, 0.15) is 5.56 Å². The van der Waals surface area contributed by atoms with Crippen LogP contribution in [-0.4, -0.2) is 43.9 Å². The van der Waals surface area contributed by atoms with Crippen molar-refractivity contribution in [1.82, 2.24) is 4.98 Å². The third kappa shape index (κ3) is 3.77. The lowest BCUT2D eigenvalue weighted by molar-refractivity contribution is -0.130. The molecule has 1 fully saturated rings. The van der Waals surface area contributed by atoms with E-state index in [0.29, 0.717) is 18.9 Å². The molecule has 0 N–H and O–H groups in total. The van der Waals surface area contributed by atoms with Crippen LogP contribution in [0.3, 0.4) is 0 Å². The summed E-state index contributed by atoms with van der Waals surface area (Å²) in [6, 6.07) is 15.4. The van der Waals surface area contributed by atoms with Gasteiger partial charge >= 0.3 is 0 Å². The lowest BCUT2D eigenvalue weighted by Gasteiger charge is -2.32. The van der Waals surface area contributed by atoms with E-state index in [2.05, 4.69) is 11.1 Å². The summed E-state index contributed by atoms with van der Waals surface area (Å²) in [5, 5.41) is 1.04. The number of carbonyl (C=O) groups excluding carboxylic acids is 1. The normalized spacial score (nSPS) is 17.0. The lowest BCUT2D eigenvalue weighted by atomic mass is 10.1. The van der Waals surface area contributed by atoms with Gasteiger partial charge in [0.2, 0.25) is 0 Å². The van der Waals surface area contributed by atoms with Crippen LogP contribution in [0.15, 0.2) is 54.7 Å². The van der Waals surface area contributed by atoms with E-state index in [4.69, 9.17) is 14.2 Å². The van der Waals surface area contributed by atoms with Gasteiger partial charge in [0.25, 0.3) is 5.91 Å². The number of hydrogen-bond acceptors (Lipinski definition) is 5. The number of nitrogens with zero attached hydrogens (tertiary/aromatic N) is 2. The number of hydrogen-bond donors (Lipinski definition) is 0. The van der Waals surface area contributed by atoms with Crippen LogP contribution in [0, 0.1) is 6.92 Å². The van der Waals surface area contributed by atoms with Gasteiger partial charge in [0.1, 0.15) is 36.3 Å². The molecule has 1 amide bonds. The number of morpholine rings is 1. The maximum absolute atomic E-state index is 12.3. The third-order valence-electron chi connectivity index (χ3n) is 4.75. The van der Waals surface area contributed by atoms with Crippen LogP contribution in [-0.2, 0) is 9.53 Å². The van der Waals surface area contributed by atoms with Gasteiger partial charge in [-0.25, -0.2) is 0 Å². The number of rotatable bonds is 5. The van der Waals surface area contributed by atoms with E-state index in [-0.39, 0.29) is 18.6 Å². The number of methoxy groups -OCH3 is 1. The highest BCUT2D eigenvalue weighted by Gasteiger charge is 2.28. The molecule has 1 unspecified atom stereocenters. The Kier molecular flexibility index (Phi) is 5.12. The third-order valence-corrected chi connectivity index (χ3v) is 4.75. The van der Waals surface area contributed by atoms with Crippen molar-refractivity contribution < 1.29 is 19.0 Å². The van der Waals surface area contributed by atoms with Gasteiger partial charge in [0.05, 0.1) is 13.7 Å². The molecule has 0 saturated carbocycles. The zero-order valence-corrected chi connectivity index (χ0v) is 15.9. The fraction of sp³-hybridized carbons (Fsp3) is 0.273. The number of aromatic nitrogens is 1. The van der Waals surface area contributed by atoms with E-state index in [0.717, 1.165) is 27.9 Å². The highest BCUT2D eigenvalue weighted by Crippen LogP contribution is 2.26. The second kappa shape index (κ2) is 7.86. The maximum Gasteiger partial charge on any atom is 0.253 e. The van der Waals surface area contributed by atoms with Crippen LogP contribution in [0.25, 0.3) is 10.9 Å². The van der Waals surface area contributed by atoms with E-state index in [1.165, 1.54) is 0 Å². The van der Waals surface area contributed by atoms with Crippen molar-refractivity contribution >= 4 is 22.5 Å². The summed E-state index contributed by atoms with van der Waals surface area (Å²) in [4.78, 5) is 18.5. The largest absolute Gasteiger partial charge is 0.497 e. The summed E-state index contributed by atoms with van der Waals surface area (Å²) in [5.74, 6) is 1.40.